The number of benzene rings is 2. The number of anilines is 2. The van der Waals surface area contributed by atoms with Crippen LogP contribution in [0, 0.1) is 5.82 Å². The average Bonchev–Trinajstić information content (AvgIpc) is 2.55. The summed E-state index contributed by atoms with van der Waals surface area (Å²) in [6.07, 6.45) is 0. The molecule has 0 fully saturated rings. The molecule has 0 bridgehead atoms. The summed E-state index contributed by atoms with van der Waals surface area (Å²) in [6, 6.07) is 11.8. The predicted molar refractivity (Wildman–Crippen MR) is 90.2 cm³/mol. The average molecular weight is 327 g/mol. The normalized spacial score (nSPS) is 10.4. The number of methoxy groups -OCH3 is 1. The van der Waals surface area contributed by atoms with Crippen molar-refractivity contribution in [3.8, 4) is 5.75 Å². The highest BCUT2D eigenvalue weighted by Gasteiger charge is 2.08. The molecule has 2 aromatic carbocycles. The maximum absolute atomic E-state index is 14.0. The number of carbonyl (C=O) groups is 1. The Hall–Kier alpha value is -3.35. The van der Waals surface area contributed by atoms with Gasteiger partial charge >= 0.3 is 6.03 Å². The molecular formula is C17H14FN3O3. The number of H-pyrrole nitrogens is 1. The van der Waals surface area contributed by atoms with Crippen molar-refractivity contribution in [2.24, 2.45) is 0 Å². The fourth-order valence-corrected chi connectivity index (χ4v) is 2.29. The van der Waals surface area contributed by atoms with Crippen molar-refractivity contribution < 1.29 is 13.9 Å². The summed E-state index contributed by atoms with van der Waals surface area (Å²) in [5.74, 6) is -0.0182. The molecule has 24 heavy (non-hydrogen) atoms. The van der Waals surface area contributed by atoms with Gasteiger partial charge in [0.15, 0.2) is 0 Å². The van der Waals surface area contributed by atoms with Crippen LogP contribution in [0.3, 0.4) is 0 Å². The molecule has 6 nitrogen and oxygen atoms in total. The minimum Gasteiger partial charge on any atom is -0.497 e. The van der Waals surface area contributed by atoms with Crippen LogP contribution < -0.4 is 20.9 Å². The molecular weight excluding hydrogens is 313 g/mol. The van der Waals surface area contributed by atoms with Gasteiger partial charge in [0.1, 0.15) is 11.6 Å². The maximum atomic E-state index is 14.0. The van der Waals surface area contributed by atoms with Gasteiger partial charge in [0.25, 0.3) is 0 Å². The Labute approximate surface area is 136 Å². The van der Waals surface area contributed by atoms with Crippen molar-refractivity contribution in [3.05, 3.63) is 64.7 Å². The first-order valence-corrected chi connectivity index (χ1v) is 7.10. The van der Waals surface area contributed by atoms with Gasteiger partial charge in [-0.2, -0.15) is 0 Å². The van der Waals surface area contributed by atoms with E-state index < -0.39 is 17.4 Å². The molecule has 0 aliphatic heterocycles. The summed E-state index contributed by atoms with van der Waals surface area (Å²) in [4.78, 5) is 25.7. The lowest BCUT2D eigenvalue weighted by molar-refractivity contribution is 0.262. The Balaban J connectivity index is 1.80. The van der Waals surface area contributed by atoms with Crippen molar-refractivity contribution >= 4 is 28.3 Å². The first kappa shape index (κ1) is 15.5. The standard InChI is InChI=1S/C17H14FN3O3/c1-24-13-4-2-3-11(8-13)19-17(23)20-12-7-10-5-6-15(22)21-16(10)14(18)9-12/h2-9H,1H3,(H,21,22)(H2,19,20,23). The van der Waals surface area contributed by atoms with Crippen LogP contribution in [0.25, 0.3) is 10.9 Å². The third kappa shape index (κ3) is 3.35. The Kier molecular flexibility index (Phi) is 4.15. The van der Waals surface area contributed by atoms with Crippen LogP contribution in [0.4, 0.5) is 20.6 Å². The molecule has 0 unspecified atom stereocenters. The molecule has 3 aromatic rings. The van der Waals surface area contributed by atoms with E-state index in [2.05, 4.69) is 15.6 Å². The second kappa shape index (κ2) is 6.41. The van der Waals surface area contributed by atoms with Gasteiger partial charge in [-0.1, -0.05) is 6.07 Å². The molecule has 0 saturated heterocycles. The number of pyridine rings is 1. The molecule has 1 heterocycles. The van der Waals surface area contributed by atoms with Crippen LogP contribution in [0.1, 0.15) is 0 Å². The number of halogens is 1. The minimum atomic E-state index is -0.623. The van der Waals surface area contributed by atoms with Crippen molar-refractivity contribution in [2.45, 2.75) is 0 Å². The molecule has 0 radical (unpaired) electrons. The quantitative estimate of drug-likeness (QED) is 0.690. The topological polar surface area (TPSA) is 83.2 Å². The van der Waals surface area contributed by atoms with Gasteiger partial charge in [-0.15, -0.1) is 0 Å². The molecule has 0 saturated carbocycles. The Morgan fingerprint density at radius 1 is 1.08 bits per heavy atom. The lowest BCUT2D eigenvalue weighted by atomic mass is 10.2. The molecule has 7 heteroatoms. The van der Waals surface area contributed by atoms with Gasteiger partial charge in [0.05, 0.1) is 12.6 Å². The van der Waals surface area contributed by atoms with E-state index in [1.807, 2.05) is 0 Å². The summed E-state index contributed by atoms with van der Waals surface area (Å²) in [7, 11) is 1.53. The molecule has 0 aliphatic carbocycles. The molecule has 0 atom stereocenters. The second-order valence-electron chi connectivity index (χ2n) is 5.06. The summed E-state index contributed by atoms with van der Waals surface area (Å²) in [5.41, 5.74) is 0.518. The first-order valence-electron chi connectivity index (χ1n) is 7.10. The van der Waals surface area contributed by atoms with Crippen LogP contribution in [-0.2, 0) is 0 Å². The van der Waals surface area contributed by atoms with Crippen LogP contribution in [0.5, 0.6) is 5.75 Å². The molecule has 1 aromatic heterocycles. The van der Waals surface area contributed by atoms with Gasteiger partial charge in [-0.05, 0) is 30.3 Å². The van der Waals surface area contributed by atoms with Crippen LogP contribution in [0.2, 0.25) is 0 Å². The number of fused-ring (bicyclic) bond motifs is 1. The van der Waals surface area contributed by atoms with Crippen molar-refractivity contribution in [2.75, 3.05) is 17.7 Å². The van der Waals surface area contributed by atoms with Crippen molar-refractivity contribution in [1.82, 2.24) is 4.98 Å². The van der Waals surface area contributed by atoms with E-state index in [4.69, 9.17) is 4.74 Å². The van der Waals surface area contributed by atoms with E-state index in [0.717, 1.165) is 6.07 Å². The van der Waals surface area contributed by atoms with Gasteiger partial charge in [0.2, 0.25) is 5.56 Å². The molecule has 0 spiro atoms. The lowest BCUT2D eigenvalue weighted by Gasteiger charge is -2.10. The zero-order valence-electron chi connectivity index (χ0n) is 12.7. The number of aromatic amines is 1. The highest BCUT2D eigenvalue weighted by Crippen LogP contribution is 2.21. The van der Waals surface area contributed by atoms with Crippen molar-refractivity contribution in [3.63, 3.8) is 0 Å². The van der Waals surface area contributed by atoms with E-state index in [1.54, 1.807) is 30.3 Å². The third-order valence-corrected chi connectivity index (χ3v) is 3.37. The zero-order chi connectivity index (χ0) is 17.1. The number of ether oxygens (including phenoxy) is 1. The maximum Gasteiger partial charge on any atom is 0.323 e. The highest BCUT2D eigenvalue weighted by atomic mass is 19.1. The number of hydrogen-bond acceptors (Lipinski definition) is 3. The molecule has 2 amide bonds. The van der Waals surface area contributed by atoms with E-state index in [9.17, 15) is 14.0 Å². The SMILES string of the molecule is COc1cccc(NC(=O)Nc2cc(F)c3[nH]c(=O)ccc3c2)c1. The van der Waals surface area contributed by atoms with Crippen LogP contribution >= 0.6 is 0 Å². The van der Waals surface area contributed by atoms with Gasteiger partial charge in [0, 0.05) is 28.9 Å². The van der Waals surface area contributed by atoms with Gasteiger partial charge in [-0.3, -0.25) is 4.79 Å². The number of urea groups is 1. The van der Waals surface area contributed by atoms with E-state index in [-0.39, 0.29) is 11.2 Å². The van der Waals surface area contributed by atoms with E-state index in [1.165, 1.54) is 19.2 Å². The highest BCUT2D eigenvalue weighted by molar-refractivity contribution is 6.01. The number of aromatic nitrogens is 1. The van der Waals surface area contributed by atoms with Gasteiger partial charge in [-0.25, -0.2) is 9.18 Å². The fourth-order valence-electron chi connectivity index (χ4n) is 2.29. The second-order valence-corrected chi connectivity index (χ2v) is 5.06. The third-order valence-electron chi connectivity index (χ3n) is 3.37. The zero-order valence-corrected chi connectivity index (χ0v) is 12.7. The number of nitrogens with one attached hydrogen (secondary N) is 3. The Morgan fingerprint density at radius 3 is 2.67 bits per heavy atom. The fraction of sp³-hybridized carbons (Fsp3) is 0.0588. The number of hydrogen-bond donors (Lipinski definition) is 3. The Morgan fingerprint density at radius 2 is 1.88 bits per heavy atom. The molecule has 3 rings (SSSR count). The summed E-state index contributed by atoms with van der Waals surface area (Å²) in [5, 5.41) is 5.66. The van der Waals surface area contributed by atoms with Gasteiger partial charge < -0.3 is 20.4 Å². The smallest absolute Gasteiger partial charge is 0.323 e. The van der Waals surface area contributed by atoms with Crippen LogP contribution in [-0.4, -0.2) is 18.1 Å². The molecule has 3 N–H and O–H groups in total. The van der Waals surface area contributed by atoms with Crippen molar-refractivity contribution in [1.29, 1.82) is 0 Å². The Bertz CT molecular complexity index is 969. The largest absolute Gasteiger partial charge is 0.497 e. The van der Waals surface area contributed by atoms with Crippen LogP contribution in [0.15, 0.2) is 53.3 Å². The molecule has 122 valence electrons. The van der Waals surface area contributed by atoms with E-state index >= 15 is 0 Å². The monoisotopic (exact) mass is 327 g/mol. The summed E-state index contributed by atoms with van der Waals surface area (Å²) in [6.45, 7) is 0. The minimum absolute atomic E-state index is 0.0984. The van der Waals surface area contributed by atoms with E-state index in [0.29, 0.717) is 16.8 Å². The number of rotatable bonds is 3. The first-order chi connectivity index (χ1) is 11.5. The summed E-state index contributed by atoms with van der Waals surface area (Å²) >= 11 is 0. The number of carbonyl (C=O) groups excluding carboxylic acids is 1. The molecule has 0 aliphatic rings. The number of amides is 2. The predicted octanol–water partition coefficient (Wildman–Crippen LogP) is 3.32. The lowest BCUT2D eigenvalue weighted by Crippen LogP contribution is -2.19. The summed E-state index contributed by atoms with van der Waals surface area (Å²) < 4.78 is 19.1.